The maximum absolute atomic E-state index is 8.88. The average Bonchev–Trinajstić information content (AvgIpc) is 2.97. The van der Waals surface area contributed by atoms with Crippen molar-refractivity contribution in [3.63, 3.8) is 0 Å². The number of nitriles is 2. The molecular weight excluding hydrogens is 282 g/mol. The van der Waals surface area contributed by atoms with Crippen molar-refractivity contribution in [3.05, 3.63) is 65.7 Å². The van der Waals surface area contributed by atoms with Crippen molar-refractivity contribution >= 4 is 38.7 Å². The molecule has 23 heavy (non-hydrogen) atoms. The summed E-state index contributed by atoms with van der Waals surface area (Å²) in [6.45, 7) is 0. The molecule has 0 saturated heterocycles. The second kappa shape index (κ2) is 5.02. The van der Waals surface area contributed by atoms with E-state index in [-0.39, 0.29) is 5.57 Å². The van der Waals surface area contributed by atoms with Crippen molar-refractivity contribution in [2.24, 2.45) is 0 Å². The molecule has 1 heterocycles. The third kappa shape index (κ3) is 2.04. The van der Waals surface area contributed by atoms with Crippen LogP contribution in [-0.2, 0) is 0 Å². The molecule has 0 saturated carbocycles. The zero-order chi connectivity index (χ0) is 15.8. The highest BCUT2D eigenvalue weighted by Crippen LogP contribution is 2.31. The van der Waals surface area contributed by atoms with Crippen LogP contribution < -0.4 is 0 Å². The van der Waals surface area contributed by atoms with Gasteiger partial charge in [0, 0.05) is 21.7 Å². The smallest absolute Gasteiger partial charge is 0.130 e. The van der Waals surface area contributed by atoms with Gasteiger partial charge in [0.25, 0.3) is 0 Å². The Balaban J connectivity index is 2.02. The number of allylic oxidation sites excluding steroid dienone is 1. The van der Waals surface area contributed by atoms with Crippen molar-refractivity contribution in [1.82, 2.24) is 4.98 Å². The first-order valence-electron chi connectivity index (χ1n) is 7.25. The maximum Gasteiger partial charge on any atom is 0.130 e. The highest BCUT2D eigenvalue weighted by atomic mass is 14.7. The standard InChI is InChI=1S/C20H11N3/c21-11-14(12-22)9-13-5-7-17-18-8-6-15-3-1-2-4-16(15)20(18)23-19(17)10-13/h1-10,23H. The Kier molecular flexibility index (Phi) is 2.86. The molecule has 0 atom stereocenters. The van der Waals surface area contributed by atoms with Crippen molar-refractivity contribution in [2.45, 2.75) is 0 Å². The van der Waals surface area contributed by atoms with Gasteiger partial charge in [0.2, 0.25) is 0 Å². The molecule has 3 aromatic carbocycles. The van der Waals surface area contributed by atoms with Crippen LogP contribution in [0.15, 0.2) is 60.2 Å². The average molecular weight is 293 g/mol. The molecule has 1 aromatic heterocycles. The molecule has 0 aliphatic rings. The lowest BCUT2D eigenvalue weighted by Gasteiger charge is -1.98. The Morgan fingerprint density at radius 2 is 1.65 bits per heavy atom. The first kappa shape index (κ1) is 13.1. The second-order valence-corrected chi connectivity index (χ2v) is 5.42. The van der Waals surface area contributed by atoms with Gasteiger partial charge in [-0.15, -0.1) is 0 Å². The number of hydrogen-bond donors (Lipinski definition) is 1. The van der Waals surface area contributed by atoms with E-state index in [2.05, 4.69) is 29.2 Å². The SMILES string of the molecule is N#CC(C#N)=Cc1ccc2c(c1)[nH]c1c3ccccc3ccc21. The molecule has 106 valence electrons. The Morgan fingerprint density at radius 1 is 0.870 bits per heavy atom. The molecule has 0 radical (unpaired) electrons. The number of benzene rings is 3. The van der Waals surface area contributed by atoms with E-state index in [1.807, 2.05) is 42.5 Å². The summed E-state index contributed by atoms with van der Waals surface area (Å²) in [7, 11) is 0. The summed E-state index contributed by atoms with van der Waals surface area (Å²) in [5.74, 6) is 0. The van der Waals surface area contributed by atoms with Gasteiger partial charge in [0.05, 0.1) is 5.52 Å². The fourth-order valence-corrected chi connectivity index (χ4v) is 3.01. The lowest BCUT2D eigenvalue weighted by molar-refractivity contribution is 1.47. The van der Waals surface area contributed by atoms with Crippen LogP contribution in [0.25, 0.3) is 38.7 Å². The number of hydrogen-bond acceptors (Lipinski definition) is 2. The van der Waals surface area contributed by atoms with Gasteiger partial charge in [-0.1, -0.05) is 48.5 Å². The Morgan fingerprint density at radius 3 is 2.48 bits per heavy atom. The number of fused-ring (bicyclic) bond motifs is 5. The lowest BCUT2D eigenvalue weighted by Crippen LogP contribution is -1.76. The second-order valence-electron chi connectivity index (χ2n) is 5.42. The van der Waals surface area contributed by atoms with E-state index < -0.39 is 0 Å². The highest BCUT2D eigenvalue weighted by molar-refractivity contribution is 6.17. The van der Waals surface area contributed by atoms with Crippen molar-refractivity contribution in [3.8, 4) is 12.1 Å². The summed E-state index contributed by atoms with van der Waals surface area (Å²) in [6.07, 6.45) is 1.60. The van der Waals surface area contributed by atoms with E-state index in [9.17, 15) is 0 Å². The number of aromatic amines is 1. The van der Waals surface area contributed by atoms with Gasteiger partial charge in [-0.3, -0.25) is 0 Å². The first-order chi connectivity index (χ1) is 11.3. The summed E-state index contributed by atoms with van der Waals surface area (Å²) in [5.41, 5.74) is 3.05. The highest BCUT2D eigenvalue weighted by Gasteiger charge is 2.07. The van der Waals surface area contributed by atoms with Crippen molar-refractivity contribution in [1.29, 1.82) is 10.5 Å². The largest absolute Gasteiger partial charge is 0.354 e. The van der Waals surface area contributed by atoms with Crippen LogP contribution in [0.1, 0.15) is 5.56 Å². The molecule has 0 fully saturated rings. The third-order valence-electron chi connectivity index (χ3n) is 4.07. The fraction of sp³-hybridized carbons (Fsp3) is 0. The van der Waals surface area contributed by atoms with Crippen LogP contribution in [0.4, 0.5) is 0 Å². The van der Waals surface area contributed by atoms with Crippen LogP contribution >= 0.6 is 0 Å². The predicted octanol–water partition coefficient (Wildman–Crippen LogP) is 4.90. The number of rotatable bonds is 1. The van der Waals surface area contributed by atoms with Crippen LogP contribution in [0.3, 0.4) is 0 Å². The van der Waals surface area contributed by atoms with E-state index in [0.717, 1.165) is 22.0 Å². The van der Waals surface area contributed by atoms with Crippen LogP contribution in [0, 0.1) is 22.7 Å². The minimum atomic E-state index is 0.103. The third-order valence-corrected chi connectivity index (χ3v) is 4.07. The van der Waals surface area contributed by atoms with E-state index in [0.29, 0.717) is 0 Å². The molecule has 4 rings (SSSR count). The zero-order valence-electron chi connectivity index (χ0n) is 12.2. The minimum absolute atomic E-state index is 0.103. The van der Waals surface area contributed by atoms with Gasteiger partial charge in [-0.2, -0.15) is 10.5 Å². The van der Waals surface area contributed by atoms with Gasteiger partial charge in [-0.05, 0) is 23.1 Å². The normalized spacial score (nSPS) is 10.5. The molecule has 0 aliphatic heterocycles. The summed E-state index contributed by atoms with van der Waals surface area (Å²) < 4.78 is 0. The van der Waals surface area contributed by atoms with E-state index in [1.165, 1.54) is 16.2 Å². The van der Waals surface area contributed by atoms with E-state index >= 15 is 0 Å². The molecule has 3 nitrogen and oxygen atoms in total. The quantitative estimate of drug-likeness (QED) is 0.507. The van der Waals surface area contributed by atoms with Gasteiger partial charge < -0.3 is 4.98 Å². The molecule has 0 spiro atoms. The number of nitrogens with one attached hydrogen (secondary N) is 1. The zero-order valence-corrected chi connectivity index (χ0v) is 12.2. The summed E-state index contributed by atoms with van der Waals surface area (Å²) >= 11 is 0. The molecular formula is C20H11N3. The minimum Gasteiger partial charge on any atom is -0.354 e. The monoisotopic (exact) mass is 293 g/mol. The summed E-state index contributed by atoms with van der Waals surface area (Å²) in [4.78, 5) is 3.48. The van der Waals surface area contributed by atoms with E-state index in [4.69, 9.17) is 10.5 Å². The number of nitrogens with zero attached hydrogens (tertiary/aromatic N) is 2. The molecule has 0 aliphatic carbocycles. The molecule has 0 bridgehead atoms. The lowest BCUT2D eigenvalue weighted by atomic mass is 10.0. The molecule has 0 amide bonds. The first-order valence-corrected chi connectivity index (χ1v) is 7.25. The van der Waals surface area contributed by atoms with E-state index in [1.54, 1.807) is 6.08 Å². The van der Waals surface area contributed by atoms with Gasteiger partial charge in [0.1, 0.15) is 17.7 Å². The number of aromatic nitrogens is 1. The number of H-pyrrole nitrogens is 1. The molecule has 4 aromatic rings. The van der Waals surface area contributed by atoms with Crippen LogP contribution in [0.5, 0.6) is 0 Å². The topological polar surface area (TPSA) is 63.4 Å². The Hall–Kier alpha value is -3.56. The maximum atomic E-state index is 8.88. The Bertz CT molecular complexity index is 1160. The Labute approximate surface area is 132 Å². The summed E-state index contributed by atoms with van der Waals surface area (Å²) in [6, 6.07) is 22.2. The van der Waals surface area contributed by atoms with Crippen molar-refractivity contribution in [2.75, 3.05) is 0 Å². The molecule has 3 heteroatoms. The van der Waals surface area contributed by atoms with Gasteiger partial charge >= 0.3 is 0 Å². The van der Waals surface area contributed by atoms with Crippen LogP contribution in [0.2, 0.25) is 0 Å². The summed E-state index contributed by atoms with van der Waals surface area (Å²) in [5, 5.41) is 22.5. The molecule has 0 unspecified atom stereocenters. The van der Waals surface area contributed by atoms with Gasteiger partial charge in [0.15, 0.2) is 0 Å². The predicted molar refractivity (Wildman–Crippen MR) is 92.5 cm³/mol. The fourth-order valence-electron chi connectivity index (χ4n) is 3.01. The molecule has 1 N–H and O–H groups in total. The van der Waals surface area contributed by atoms with Crippen molar-refractivity contribution < 1.29 is 0 Å². The van der Waals surface area contributed by atoms with Crippen LogP contribution in [-0.4, -0.2) is 4.98 Å². The van der Waals surface area contributed by atoms with Gasteiger partial charge in [-0.25, -0.2) is 0 Å².